The third-order valence-electron chi connectivity index (χ3n) is 2.34. The molecule has 2 rings (SSSR count). The highest BCUT2D eigenvalue weighted by molar-refractivity contribution is 5.85. The van der Waals surface area contributed by atoms with Gasteiger partial charge in [0.25, 0.3) is 0 Å². The van der Waals surface area contributed by atoms with Crippen molar-refractivity contribution in [3.63, 3.8) is 0 Å². The number of rotatable bonds is 0. The summed E-state index contributed by atoms with van der Waals surface area (Å²) >= 11 is 0. The summed E-state index contributed by atoms with van der Waals surface area (Å²) in [5.74, 6) is 0.867. The summed E-state index contributed by atoms with van der Waals surface area (Å²) in [5, 5.41) is 0. The van der Waals surface area contributed by atoms with Gasteiger partial charge in [-0.05, 0) is 20.8 Å². The van der Waals surface area contributed by atoms with E-state index in [0.717, 1.165) is 30.2 Å². The third kappa shape index (κ3) is 1.46. The molecule has 0 aliphatic carbocycles. The van der Waals surface area contributed by atoms with Crippen molar-refractivity contribution in [2.24, 2.45) is 4.99 Å². The van der Waals surface area contributed by atoms with Crippen LogP contribution in [0.25, 0.3) is 0 Å². The van der Waals surface area contributed by atoms with Gasteiger partial charge in [0, 0.05) is 23.4 Å². The lowest BCUT2D eigenvalue weighted by Gasteiger charge is -2.15. The van der Waals surface area contributed by atoms with Crippen LogP contribution in [0.4, 0.5) is 0 Å². The largest absolute Gasteiger partial charge is 0.289 e. The average Bonchev–Trinajstić information content (AvgIpc) is 2.02. The molecule has 1 aromatic heterocycles. The first kappa shape index (κ1) is 8.35. The van der Waals surface area contributed by atoms with Crippen molar-refractivity contribution in [3.05, 3.63) is 22.8 Å². The minimum atomic E-state index is 0.757. The van der Waals surface area contributed by atoms with Crippen LogP contribution in [0, 0.1) is 13.8 Å². The summed E-state index contributed by atoms with van der Waals surface area (Å²) in [6.45, 7) is 6.78. The van der Waals surface area contributed by atoms with Crippen LogP contribution >= 0.6 is 0 Å². The monoisotopic (exact) mass is 175 g/mol. The Balaban J connectivity index is 2.52. The van der Waals surface area contributed by atoms with Gasteiger partial charge in [-0.15, -0.1) is 0 Å². The molecule has 1 aliphatic rings. The van der Waals surface area contributed by atoms with E-state index in [2.05, 4.69) is 21.9 Å². The van der Waals surface area contributed by atoms with E-state index in [4.69, 9.17) is 0 Å². The Morgan fingerprint density at radius 2 is 1.85 bits per heavy atom. The van der Waals surface area contributed by atoms with Gasteiger partial charge < -0.3 is 0 Å². The quantitative estimate of drug-likeness (QED) is 0.600. The topological polar surface area (TPSA) is 38.1 Å². The maximum Gasteiger partial charge on any atom is 0.125 e. The van der Waals surface area contributed by atoms with E-state index in [1.165, 1.54) is 11.3 Å². The molecule has 0 unspecified atom stereocenters. The SMILES string of the molecule is CC1=NCc2c(C)nc(C)nc2C1. The Morgan fingerprint density at radius 1 is 1.08 bits per heavy atom. The molecule has 1 aromatic rings. The third-order valence-corrected chi connectivity index (χ3v) is 2.34. The van der Waals surface area contributed by atoms with Gasteiger partial charge in [0.2, 0.25) is 0 Å². The van der Waals surface area contributed by atoms with Crippen LogP contribution in [0.1, 0.15) is 29.7 Å². The van der Waals surface area contributed by atoms with Crippen LogP contribution in [0.2, 0.25) is 0 Å². The van der Waals surface area contributed by atoms with Crippen molar-refractivity contribution in [2.75, 3.05) is 0 Å². The van der Waals surface area contributed by atoms with E-state index in [1.54, 1.807) is 0 Å². The van der Waals surface area contributed by atoms with Crippen molar-refractivity contribution in [1.82, 2.24) is 9.97 Å². The summed E-state index contributed by atoms with van der Waals surface area (Å²) in [4.78, 5) is 13.2. The van der Waals surface area contributed by atoms with Crippen molar-refractivity contribution >= 4 is 5.71 Å². The second-order valence-electron chi connectivity index (χ2n) is 3.51. The molecule has 68 valence electrons. The summed E-state index contributed by atoms with van der Waals surface area (Å²) in [6, 6.07) is 0. The first-order chi connectivity index (χ1) is 6.16. The van der Waals surface area contributed by atoms with Gasteiger partial charge in [-0.3, -0.25) is 4.99 Å². The molecule has 3 nitrogen and oxygen atoms in total. The van der Waals surface area contributed by atoms with E-state index < -0.39 is 0 Å². The minimum Gasteiger partial charge on any atom is -0.289 e. The lowest BCUT2D eigenvalue weighted by Crippen LogP contribution is -2.13. The summed E-state index contributed by atoms with van der Waals surface area (Å²) < 4.78 is 0. The van der Waals surface area contributed by atoms with Gasteiger partial charge in [0.05, 0.1) is 12.2 Å². The molecule has 0 spiro atoms. The van der Waals surface area contributed by atoms with E-state index >= 15 is 0 Å². The Morgan fingerprint density at radius 3 is 2.62 bits per heavy atom. The summed E-state index contributed by atoms with van der Waals surface area (Å²) in [5.41, 5.74) is 4.64. The number of aryl methyl sites for hydroxylation is 2. The molecule has 13 heavy (non-hydrogen) atoms. The fraction of sp³-hybridized carbons (Fsp3) is 0.500. The van der Waals surface area contributed by atoms with Crippen LogP contribution in [-0.4, -0.2) is 15.7 Å². The van der Waals surface area contributed by atoms with Crippen LogP contribution in [0.15, 0.2) is 4.99 Å². The predicted molar refractivity (Wildman–Crippen MR) is 52.0 cm³/mol. The first-order valence-corrected chi connectivity index (χ1v) is 4.49. The Labute approximate surface area is 77.9 Å². The van der Waals surface area contributed by atoms with E-state index in [9.17, 15) is 0 Å². The maximum atomic E-state index is 4.43. The molecule has 0 N–H and O–H groups in total. The normalized spacial score (nSPS) is 15.2. The lowest BCUT2D eigenvalue weighted by molar-refractivity contribution is 0.858. The Bertz CT molecular complexity index is 380. The number of fused-ring (bicyclic) bond motifs is 1. The number of aliphatic imine (C=N–C) groups is 1. The van der Waals surface area contributed by atoms with Crippen LogP contribution < -0.4 is 0 Å². The summed E-state index contributed by atoms with van der Waals surface area (Å²) in [7, 11) is 0. The standard InChI is InChI=1S/C10H13N3/c1-6-4-10-9(5-11-6)7(2)12-8(3)13-10/h4-5H2,1-3H3. The van der Waals surface area contributed by atoms with Gasteiger partial charge >= 0.3 is 0 Å². The molecule has 1 aliphatic heterocycles. The smallest absolute Gasteiger partial charge is 0.125 e. The number of nitrogens with zero attached hydrogens (tertiary/aromatic N) is 3. The van der Waals surface area contributed by atoms with Crippen molar-refractivity contribution in [1.29, 1.82) is 0 Å². The fourth-order valence-electron chi connectivity index (χ4n) is 1.67. The number of aromatic nitrogens is 2. The Hall–Kier alpha value is -1.25. The van der Waals surface area contributed by atoms with Crippen LogP contribution in [-0.2, 0) is 13.0 Å². The zero-order chi connectivity index (χ0) is 9.42. The molecule has 0 saturated heterocycles. The van der Waals surface area contributed by atoms with Crippen LogP contribution in [0.3, 0.4) is 0 Å². The van der Waals surface area contributed by atoms with Crippen LogP contribution in [0.5, 0.6) is 0 Å². The molecule has 0 amide bonds. The highest BCUT2D eigenvalue weighted by Crippen LogP contribution is 2.17. The second kappa shape index (κ2) is 2.91. The molecule has 0 bridgehead atoms. The van der Waals surface area contributed by atoms with Gasteiger partial charge in [0.15, 0.2) is 0 Å². The molecule has 0 atom stereocenters. The molecule has 0 radical (unpaired) electrons. The van der Waals surface area contributed by atoms with Crippen molar-refractivity contribution in [2.45, 2.75) is 33.7 Å². The maximum absolute atomic E-state index is 4.43. The zero-order valence-corrected chi connectivity index (χ0v) is 8.26. The molecule has 0 saturated carbocycles. The second-order valence-corrected chi connectivity index (χ2v) is 3.51. The van der Waals surface area contributed by atoms with Gasteiger partial charge in [-0.25, -0.2) is 9.97 Å². The zero-order valence-electron chi connectivity index (χ0n) is 8.26. The van der Waals surface area contributed by atoms with Gasteiger partial charge in [0.1, 0.15) is 5.82 Å². The molecule has 0 aromatic carbocycles. The average molecular weight is 175 g/mol. The van der Waals surface area contributed by atoms with E-state index in [0.29, 0.717) is 0 Å². The molecular formula is C10H13N3. The predicted octanol–water partition coefficient (Wildman–Crippen LogP) is 1.61. The minimum absolute atomic E-state index is 0.757. The van der Waals surface area contributed by atoms with E-state index in [-0.39, 0.29) is 0 Å². The lowest BCUT2D eigenvalue weighted by atomic mass is 10.0. The van der Waals surface area contributed by atoms with Crippen molar-refractivity contribution in [3.8, 4) is 0 Å². The highest BCUT2D eigenvalue weighted by Gasteiger charge is 2.14. The fourth-order valence-corrected chi connectivity index (χ4v) is 1.67. The van der Waals surface area contributed by atoms with Crippen molar-refractivity contribution < 1.29 is 0 Å². The highest BCUT2D eigenvalue weighted by atomic mass is 14.9. The van der Waals surface area contributed by atoms with Gasteiger partial charge in [-0.2, -0.15) is 0 Å². The van der Waals surface area contributed by atoms with E-state index in [1.807, 2.05) is 13.8 Å². The number of hydrogen-bond acceptors (Lipinski definition) is 3. The van der Waals surface area contributed by atoms with Gasteiger partial charge in [-0.1, -0.05) is 0 Å². The summed E-state index contributed by atoms with van der Waals surface area (Å²) in [6.07, 6.45) is 0.888. The molecule has 3 heteroatoms. The first-order valence-electron chi connectivity index (χ1n) is 4.49. The number of hydrogen-bond donors (Lipinski definition) is 0. The molecule has 0 fully saturated rings. The molecular weight excluding hydrogens is 162 g/mol. The Kier molecular flexibility index (Phi) is 1.87. The molecule has 2 heterocycles.